The average Bonchev–Trinajstić information content (AvgIpc) is 2.96. The summed E-state index contributed by atoms with van der Waals surface area (Å²) in [4.78, 5) is 28.4. The van der Waals surface area contributed by atoms with Gasteiger partial charge in [0.05, 0.1) is 16.1 Å². The van der Waals surface area contributed by atoms with Gasteiger partial charge in [-0.05, 0) is 62.6 Å². The van der Waals surface area contributed by atoms with Gasteiger partial charge in [0, 0.05) is 12.6 Å². The molecular weight excluding hydrogens is 567 g/mol. The number of sulfonamides is 1. The van der Waals surface area contributed by atoms with E-state index in [-0.39, 0.29) is 29.6 Å². The Morgan fingerprint density at radius 1 is 0.905 bits per heavy atom. The first kappa shape index (κ1) is 32.7. The predicted octanol–water partition coefficient (Wildman–Crippen LogP) is 5.93. The van der Waals surface area contributed by atoms with E-state index in [0.29, 0.717) is 22.4 Å². The van der Waals surface area contributed by atoms with Gasteiger partial charge in [0.2, 0.25) is 11.8 Å². The molecule has 3 aromatic rings. The summed E-state index contributed by atoms with van der Waals surface area (Å²) in [5.74, 6) is -1.14. The van der Waals surface area contributed by atoms with Crippen molar-refractivity contribution in [2.24, 2.45) is 0 Å². The quantitative estimate of drug-likeness (QED) is 0.278. The Hall–Kier alpha value is -3.86. The Morgan fingerprint density at radius 2 is 1.55 bits per heavy atom. The number of amides is 2. The van der Waals surface area contributed by atoms with Crippen LogP contribution in [0.3, 0.4) is 0 Å². The van der Waals surface area contributed by atoms with Gasteiger partial charge in [0.1, 0.15) is 12.6 Å². The first-order valence-electron chi connectivity index (χ1n) is 13.7. The molecule has 2 atom stereocenters. The second kappa shape index (κ2) is 13.9. The molecule has 0 saturated carbocycles. The number of alkyl halides is 3. The van der Waals surface area contributed by atoms with E-state index < -0.39 is 46.2 Å². The van der Waals surface area contributed by atoms with Crippen LogP contribution in [0.1, 0.15) is 50.3 Å². The zero-order valence-electron chi connectivity index (χ0n) is 24.1. The Balaban J connectivity index is 2.10. The van der Waals surface area contributed by atoms with Crippen LogP contribution in [-0.2, 0) is 32.3 Å². The van der Waals surface area contributed by atoms with E-state index in [1.807, 2.05) is 32.9 Å². The van der Waals surface area contributed by atoms with Crippen molar-refractivity contribution in [3.63, 3.8) is 0 Å². The maximum atomic E-state index is 14.0. The highest BCUT2D eigenvalue weighted by Gasteiger charge is 2.36. The van der Waals surface area contributed by atoms with Crippen molar-refractivity contribution in [1.82, 2.24) is 10.2 Å². The Kier molecular flexibility index (Phi) is 10.8. The molecule has 0 radical (unpaired) electrons. The summed E-state index contributed by atoms with van der Waals surface area (Å²) >= 11 is 0. The minimum Gasteiger partial charge on any atom is -0.352 e. The zero-order valence-corrected chi connectivity index (χ0v) is 24.9. The molecule has 3 rings (SSSR count). The van der Waals surface area contributed by atoms with Gasteiger partial charge in [-0.15, -0.1) is 0 Å². The van der Waals surface area contributed by atoms with E-state index >= 15 is 0 Å². The fourth-order valence-corrected chi connectivity index (χ4v) is 5.76. The lowest BCUT2D eigenvalue weighted by atomic mass is 10.1. The molecule has 0 bridgehead atoms. The van der Waals surface area contributed by atoms with Crippen LogP contribution in [0.25, 0.3) is 0 Å². The van der Waals surface area contributed by atoms with E-state index in [1.165, 1.54) is 35.2 Å². The van der Waals surface area contributed by atoms with Gasteiger partial charge in [0.25, 0.3) is 10.0 Å². The summed E-state index contributed by atoms with van der Waals surface area (Å²) < 4.78 is 69.1. The molecule has 0 aliphatic carbocycles. The molecule has 1 N–H and O–H groups in total. The third-order valence-corrected chi connectivity index (χ3v) is 8.72. The Labute approximate surface area is 245 Å². The van der Waals surface area contributed by atoms with Crippen LogP contribution in [0.15, 0.2) is 83.8 Å². The van der Waals surface area contributed by atoms with Gasteiger partial charge in [-0.3, -0.25) is 13.9 Å². The molecule has 7 nitrogen and oxygen atoms in total. The second-order valence-corrected chi connectivity index (χ2v) is 12.0. The molecule has 0 saturated heterocycles. The molecule has 0 heterocycles. The number of benzene rings is 3. The molecule has 0 spiro atoms. The van der Waals surface area contributed by atoms with Crippen molar-refractivity contribution >= 4 is 27.5 Å². The summed E-state index contributed by atoms with van der Waals surface area (Å²) in [6, 6.07) is 17.2. The maximum Gasteiger partial charge on any atom is 0.416 e. The molecule has 2 amide bonds. The number of aryl methyl sites for hydroxylation is 1. The lowest BCUT2D eigenvalue weighted by Crippen LogP contribution is -2.53. The number of nitrogens with one attached hydrogen (secondary N) is 1. The number of hydrogen-bond acceptors (Lipinski definition) is 4. The van der Waals surface area contributed by atoms with Gasteiger partial charge in [-0.25, -0.2) is 8.42 Å². The van der Waals surface area contributed by atoms with Gasteiger partial charge in [-0.1, -0.05) is 67.9 Å². The first-order chi connectivity index (χ1) is 19.8. The minimum absolute atomic E-state index is 0.00659. The molecule has 226 valence electrons. The van der Waals surface area contributed by atoms with Crippen molar-refractivity contribution in [3.05, 3.63) is 95.6 Å². The third-order valence-electron chi connectivity index (χ3n) is 6.93. The van der Waals surface area contributed by atoms with Crippen molar-refractivity contribution in [3.8, 4) is 0 Å². The van der Waals surface area contributed by atoms with Crippen molar-refractivity contribution in [1.29, 1.82) is 0 Å². The van der Waals surface area contributed by atoms with Crippen LogP contribution in [0.4, 0.5) is 18.9 Å². The van der Waals surface area contributed by atoms with Crippen molar-refractivity contribution in [2.45, 2.75) is 70.2 Å². The number of rotatable bonds is 12. The molecule has 11 heteroatoms. The number of carbonyl (C=O) groups is 2. The van der Waals surface area contributed by atoms with E-state index in [0.717, 1.165) is 17.7 Å². The van der Waals surface area contributed by atoms with Crippen LogP contribution < -0.4 is 9.62 Å². The number of carbonyl (C=O) groups excluding carboxylic acids is 2. The van der Waals surface area contributed by atoms with Gasteiger partial charge < -0.3 is 10.2 Å². The normalized spacial score (nSPS) is 13.2. The van der Waals surface area contributed by atoms with E-state index in [1.54, 1.807) is 25.1 Å². The fraction of sp³-hybridized carbons (Fsp3) is 0.355. The standard InChI is InChI=1S/C31H36F3N3O4S/c1-5-23(4)35-30(39)28(6-2)36(20-24-17-15-22(3)16-18-24)29(38)21-37(42(40,41)27-13-8-7-9-14-27)26-12-10-11-25(19-26)31(32,33)34/h7-19,23,28H,5-6,20-21H2,1-4H3,(H,35,39)/t23-,28-/m0/s1. The minimum atomic E-state index is -4.74. The van der Waals surface area contributed by atoms with Crippen LogP contribution >= 0.6 is 0 Å². The van der Waals surface area contributed by atoms with Crippen LogP contribution in [0, 0.1) is 6.92 Å². The largest absolute Gasteiger partial charge is 0.416 e. The van der Waals surface area contributed by atoms with Crippen LogP contribution in [0.5, 0.6) is 0 Å². The molecule has 0 fully saturated rings. The summed E-state index contributed by atoms with van der Waals surface area (Å²) in [7, 11) is -4.48. The predicted molar refractivity (Wildman–Crippen MR) is 156 cm³/mol. The molecule has 42 heavy (non-hydrogen) atoms. The van der Waals surface area contributed by atoms with E-state index in [2.05, 4.69) is 5.32 Å². The van der Waals surface area contributed by atoms with Crippen molar-refractivity contribution in [2.75, 3.05) is 10.8 Å². The highest BCUT2D eigenvalue weighted by Crippen LogP contribution is 2.33. The maximum absolute atomic E-state index is 14.0. The molecule has 0 unspecified atom stereocenters. The lowest BCUT2D eigenvalue weighted by molar-refractivity contribution is -0.140. The third kappa shape index (κ3) is 8.12. The monoisotopic (exact) mass is 603 g/mol. The van der Waals surface area contributed by atoms with Crippen LogP contribution in [-0.4, -0.2) is 43.8 Å². The van der Waals surface area contributed by atoms with Gasteiger partial charge >= 0.3 is 6.18 Å². The van der Waals surface area contributed by atoms with Crippen LogP contribution in [0.2, 0.25) is 0 Å². The summed E-state index contributed by atoms with van der Waals surface area (Å²) in [6.07, 6.45) is -3.84. The second-order valence-electron chi connectivity index (χ2n) is 10.1. The Bertz CT molecular complexity index is 1460. The number of halogens is 3. The fourth-order valence-electron chi connectivity index (χ4n) is 4.34. The number of anilines is 1. The molecular formula is C31H36F3N3O4S. The average molecular weight is 604 g/mol. The molecule has 0 aliphatic heterocycles. The molecule has 3 aromatic carbocycles. The topological polar surface area (TPSA) is 86.8 Å². The highest BCUT2D eigenvalue weighted by atomic mass is 32.2. The number of nitrogens with zero attached hydrogens (tertiary/aromatic N) is 2. The summed E-state index contributed by atoms with van der Waals surface area (Å²) in [5, 5.41) is 2.89. The smallest absolute Gasteiger partial charge is 0.352 e. The summed E-state index contributed by atoms with van der Waals surface area (Å²) in [6.45, 7) is 6.55. The molecule has 0 aromatic heterocycles. The van der Waals surface area contributed by atoms with E-state index in [9.17, 15) is 31.2 Å². The van der Waals surface area contributed by atoms with Gasteiger partial charge in [0.15, 0.2) is 0 Å². The van der Waals surface area contributed by atoms with Crippen molar-refractivity contribution < 1.29 is 31.2 Å². The Morgan fingerprint density at radius 3 is 2.12 bits per heavy atom. The zero-order chi connectivity index (χ0) is 31.1. The lowest BCUT2D eigenvalue weighted by Gasteiger charge is -2.34. The first-order valence-corrected chi connectivity index (χ1v) is 15.1. The SMILES string of the molecule is CC[C@H](C)NC(=O)[C@H](CC)N(Cc1ccc(C)cc1)C(=O)CN(c1cccc(C(F)(F)F)c1)S(=O)(=O)c1ccccc1. The van der Waals surface area contributed by atoms with Gasteiger partial charge in [-0.2, -0.15) is 13.2 Å². The highest BCUT2D eigenvalue weighted by molar-refractivity contribution is 7.92. The number of hydrogen-bond donors (Lipinski definition) is 1. The summed E-state index contributed by atoms with van der Waals surface area (Å²) in [5.41, 5.74) is 0.314. The van der Waals surface area contributed by atoms with E-state index in [4.69, 9.17) is 0 Å². The molecule has 0 aliphatic rings.